The molecule has 1 aromatic rings. The molecule has 4 unspecified atom stereocenters. The van der Waals surface area contributed by atoms with Crippen molar-refractivity contribution in [1.82, 2.24) is 0 Å². The van der Waals surface area contributed by atoms with Crippen LogP contribution in [0.1, 0.15) is 80.2 Å². The average Bonchev–Trinajstić information content (AvgIpc) is 3.36. The van der Waals surface area contributed by atoms with Crippen LogP contribution < -0.4 is 4.74 Å². The van der Waals surface area contributed by atoms with Gasteiger partial charge >= 0.3 is 0 Å². The van der Waals surface area contributed by atoms with Gasteiger partial charge in [-0.15, -0.1) is 6.58 Å². The summed E-state index contributed by atoms with van der Waals surface area (Å²) in [6.07, 6.45) is 2.86. The summed E-state index contributed by atoms with van der Waals surface area (Å²) >= 11 is 0. The maximum Gasteiger partial charge on any atom is 0.192 e. The van der Waals surface area contributed by atoms with Gasteiger partial charge in [-0.25, -0.2) is 0 Å². The molecule has 0 heterocycles. The van der Waals surface area contributed by atoms with Gasteiger partial charge in [0.1, 0.15) is 29.3 Å². The minimum absolute atomic E-state index is 0.0575. The number of methoxy groups -OCH3 is 1. The zero-order valence-electron chi connectivity index (χ0n) is 25.4. The molecule has 3 aliphatic rings. The SMILES string of the molecule is C=CC12C(CC[C@@]3(C#N)C1CC[C@@H]3O[Si](C)(C)C(C)(C)C)c1c(C#N)c(C#N)c(OC)c(C#N)c1C(C#N)(C#N)C2C#N. The third-order valence-corrected chi connectivity index (χ3v) is 15.4. The Morgan fingerprint density at radius 1 is 0.884 bits per heavy atom. The van der Waals surface area contributed by atoms with Gasteiger partial charge in [-0.3, -0.25) is 0 Å². The number of hydrogen-bond acceptors (Lipinski definition) is 9. The maximum absolute atomic E-state index is 10.9. The Morgan fingerprint density at radius 3 is 1.93 bits per heavy atom. The number of benzene rings is 1. The molecule has 10 heteroatoms. The molecule has 0 radical (unpaired) electrons. The van der Waals surface area contributed by atoms with E-state index in [1.807, 2.05) is 12.1 Å². The van der Waals surface area contributed by atoms with Gasteiger partial charge < -0.3 is 9.16 Å². The van der Waals surface area contributed by atoms with Crippen molar-refractivity contribution in [3.63, 3.8) is 0 Å². The van der Waals surface area contributed by atoms with E-state index in [2.05, 4.69) is 70.8 Å². The minimum Gasteiger partial charge on any atom is -0.494 e. The van der Waals surface area contributed by atoms with E-state index in [0.29, 0.717) is 25.7 Å². The number of rotatable bonds is 4. The molecule has 6 atom stereocenters. The highest BCUT2D eigenvalue weighted by Crippen LogP contribution is 2.73. The fourth-order valence-electron chi connectivity index (χ4n) is 8.10. The van der Waals surface area contributed by atoms with E-state index in [9.17, 15) is 36.8 Å². The van der Waals surface area contributed by atoms with E-state index in [0.717, 1.165) is 0 Å². The van der Waals surface area contributed by atoms with Crippen molar-refractivity contribution in [1.29, 1.82) is 36.8 Å². The van der Waals surface area contributed by atoms with Crippen LogP contribution in [0.5, 0.6) is 5.75 Å². The number of nitrogens with zero attached hydrogens (tertiary/aromatic N) is 7. The predicted molar refractivity (Wildman–Crippen MR) is 157 cm³/mol. The first-order chi connectivity index (χ1) is 20.3. The Bertz CT molecular complexity index is 1690. The van der Waals surface area contributed by atoms with E-state index < -0.39 is 48.4 Å². The molecule has 3 aliphatic carbocycles. The van der Waals surface area contributed by atoms with Gasteiger partial charge in [0.15, 0.2) is 19.5 Å². The lowest BCUT2D eigenvalue weighted by Crippen LogP contribution is -2.61. The highest BCUT2D eigenvalue weighted by molar-refractivity contribution is 6.74. The number of allylic oxidation sites excluding steroid dienone is 1. The Kier molecular flexibility index (Phi) is 7.48. The standard InChI is InChI=1S/C33H33N7O2Si/c1-8-33-23(11-12-31(17-38)24(33)9-10-26(31)42-43(6,7)30(2,3)4)27-20(13-34)21(14-35)29(41-5)22(15-36)28(27)32(18-39,19-40)25(33)16-37/h8,23-26H,1,9-12H2,2-7H3/t23?,24?,25?,26-,31+,33?/m0/s1. The highest BCUT2D eigenvalue weighted by Gasteiger charge is 2.72. The summed E-state index contributed by atoms with van der Waals surface area (Å²) in [7, 11) is -1.10. The molecule has 0 spiro atoms. The molecule has 0 bridgehead atoms. The second-order valence-corrected chi connectivity index (χ2v) is 18.1. The Morgan fingerprint density at radius 2 is 1.49 bits per heavy atom. The van der Waals surface area contributed by atoms with Gasteiger partial charge in [0.2, 0.25) is 0 Å². The molecule has 9 nitrogen and oxygen atoms in total. The normalized spacial score (nSPS) is 30.1. The van der Waals surface area contributed by atoms with Crippen LogP contribution in [0.25, 0.3) is 0 Å². The van der Waals surface area contributed by atoms with E-state index in [4.69, 9.17) is 9.16 Å². The van der Waals surface area contributed by atoms with Crippen LogP contribution in [0.3, 0.4) is 0 Å². The molecule has 0 aromatic heterocycles. The van der Waals surface area contributed by atoms with Crippen molar-refractivity contribution in [3.8, 4) is 48.2 Å². The van der Waals surface area contributed by atoms with Crippen molar-refractivity contribution >= 4 is 8.32 Å². The van der Waals surface area contributed by atoms with Crippen LogP contribution in [0.2, 0.25) is 18.1 Å². The maximum atomic E-state index is 10.9. The number of nitriles is 7. The lowest BCUT2D eigenvalue weighted by molar-refractivity contribution is -0.0470. The van der Waals surface area contributed by atoms with Crippen LogP contribution in [0, 0.1) is 102 Å². The van der Waals surface area contributed by atoms with Crippen molar-refractivity contribution in [2.75, 3.05) is 7.11 Å². The van der Waals surface area contributed by atoms with Gasteiger partial charge in [-0.1, -0.05) is 26.8 Å². The summed E-state index contributed by atoms with van der Waals surface area (Å²) in [6, 6.07) is 15.1. The molecule has 2 fully saturated rings. The Labute approximate surface area is 254 Å². The molecule has 0 amide bonds. The fraction of sp³-hybridized carbons (Fsp3) is 0.545. The summed E-state index contributed by atoms with van der Waals surface area (Å²) in [5.74, 6) is -2.76. The summed E-state index contributed by atoms with van der Waals surface area (Å²) < 4.78 is 12.3. The molecule has 43 heavy (non-hydrogen) atoms. The first kappa shape index (κ1) is 31.3. The average molecular weight is 588 g/mol. The number of fused-ring (bicyclic) bond motifs is 5. The molecule has 0 saturated heterocycles. The quantitative estimate of drug-likeness (QED) is 0.296. The zero-order chi connectivity index (χ0) is 32.2. The van der Waals surface area contributed by atoms with Crippen molar-refractivity contribution in [2.24, 2.45) is 22.7 Å². The lowest BCUT2D eigenvalue weighted by atomic mass is 9.39. The van der Waals surface area contributed by atoms with Crippen LogP contribution in [-0.2, 0) is 9.84 Å². The molecule has 4 rings (SSSR count). The van der Waals surface area contributed by atoms with Crippen molar-refractivity contribution < 1.29 is 9.16 Å². The van der Waals surface area contributed by atoms with Crippen LogP contribution in [-0.4, -0.2) is 21.5 Å². The summed E-state index contributed by atoms with van der Waals surface area (Å²) in [5, 5.41) is 74.1. The van der Waals surface area contributed by atoms with E-state index in [1.165, 1.54) is 7.11 Å². The first-order valence-electron chi connectivity index (χ1n) is 14.2. The number of ether oxygens (including phenoxy) is 1. The summed E-state index contributed by atoms with van der Waals surface area (Å²) in [4.78, 5) is 0. The van der Waals surface area contributed by atoms with E-state index >= 15 is 0 Å². The largest absolute Gasteiger partial charge is 0.494 e. The topological polar surface area (TPSA) is 185 Å². The third kappa shape index (κ3) is 3.70. The molecule has 0 aliphatic heterocycles. The molecule has 2 saturated carbocycles. The van der Waals surface area contributed by atoms with E-state index in [1.54, 1.807) is 6.08 Å². The fourth-order valence-corrected chi connectivity index (χ4v) is 9.49. The Balaban J connectivity index is 2.15. The summed E-state index contributed by atoms with van der Waals surface area (Å²) in [6.45, 7) is 14.8. The minimum atomic E-state index is -2.34. The third-order valence-electron chi connectivity index (χ3n) is 11.0. The van der Waals surface area contributed by atoms with Gasteiger partial charge in [0, 0.05) is 11.0 Å². The monoisotopic (exact) mass is 587 g/mol. The van der Waals surface area contributed by atoms with E-state index in [-0.39, 0.29) is 38.6 Å². The molecule has 1 aromatic carbocycles. The van der Waals surface area contributed by atoms with Crippen LogP contribution >= 0.6 is 0 Å². The number of hydrogen-bond donors (Lipinski definition) is 0. The molecular weight excluding hydrogens is 554 g/mol. The van der Waals surface area contributed by atoms with Crippen molar-refractivity contribution in [2.45, 2.75) is 82.0 Å². The molecular formula is C33H33N7O2Si. The molecule has 0 N–H and O–H groups in total. The van der Waals surface area contributed by atoms with Crippen molar-refractivity contribution in [3.05, 3.63) is 40.5 Å². The predicted octanol–water partition coefficient (Wildman–Crippen LogP) is 6.11. The van der Waals surface area contributed by atoms with Crippen LogP contribution in [0.15, 0.2) is 12.7 Å². The first-order valence-corrected chi connectivity index (χ1v) is 17.1. The highest BCUT2D eigenvalue weighted by atomic mass is 28.4. The second-order valence-electron chi connectivity index (χ2n) is 13.3. The molecule has 216 valence electrons. The zero-order valence-corrected chi connectivity index (χ0v) is 26.4. The van der Waals surface area contributed by atoms with Gasteiger partial charge in [-0.05, 0) is 61.2 Å². The lowest BCUT2D eigenvalue weighted by Gasteiger charge is -2.60. The Hall–Kier alpha value is -4.63. The smallest absolute Gasteiger partial charge is 0.192 e. The van der Waals surface area contributed by atoms with Gasteiger partial charge in [0.25, 0.3) is 0 Å². The van der Waals surface area contributed by atoms with Gasteiger partial charge in [-0.2, -0.15) is 36.8 Å². The van der Waals surface area contributed by atoms with Gasteiger partial charge in [0.05, 0.1) is 54.4 Å². The summed E-state index contributed by atoms with van der Waals surface area (Å²) in [5.41, 5.74) is -4.87. The second kappa shape index (κ2) is 10.3. The van der Waals surface area contributed by atoms with Crippen LogP contribution in [0.4, 0.5) is 0 Å².